The summed E-state index contributed by atoms with van der Waals surface area (Å²) in [7, 11) is 6.01. The quantitative estimate of drug-likeness (QED) is 0.875. The molecule has 126 valence electrons. The number of likely N-dealkylation sites (N-methyl/N-ethyl adjacent to an activating group) is 2. The lowest BCUT2D eigenvalue weighted by atomic mass is 9.99. The molecule has 4 heteroatoms. The van der Waals surface area contributed by atoms with E-state index in [0.717, 1.165) is 11.3 Å². The Morgan fingerprint density at radius 2 is 1.48 bits per heavy atom. The van der Waals surface area contributed by atoms with Gasteiger partial charge >= 0.3 is 0 Å². The van der Waals surface area contributed by atoms with Crippen molar-refractivity contribution in [1.29, 1.82) is 0 Å². The second-order valence-electron chi connectivity index (χ2n) is 6.13. The number of nitrogens with zero attached hydrogens (tertiary/aromatic N) is 2. The van der Waals surface area contributed by atoms with Gasteiger partial charge < -0.3 is 14.9 Å². The third-order valence-electron chi connectivity index (χ3n) is 3.92. The average molecular weight is 335 g/mol. The highest BCUT2D eigenvalue weighted by atomic mass is 35.5. The molecule has 0 fully saturated rings. The highest BCUT2D eigenvalue weighted by Gasteiger charge is 2.26. The van der Waals surface area contributed by atoms with Crippen LogP contribution in [-0.2, 0) is 0 Å². The predicted molar refractivity (Wildman–Crippen MR) is 101 cm³/mol. The number of benzene rings is 2. The minimum Gasteiger partial charge on any atom is -0.389 e. The molecule has 3 nitrogen and oxygen atoms in total. The first-order chi connectivity index (χ1) is 10.5. The van der Waals surface area contributed by atoms with E-state index in [1.807, 2.05) is 44.2 Å². The fourth-order valence-electron chi connectivity index (χ4n) is 2.77. The van der Waals surface area contributed by atoms with Crippen LogP contribution in [0.4, 0.5) is 5.69 Å². The minimum atomic E-state index is -0.469. The second-order valence-corrected chi connectivity index (χ2v) is 6.13. The molecule has 2 aromatic carbocycles. The third kappa shape index (κ3) is 5.24. The Bertz CT molecular complexity index is 572. The number of aliphatic hydroxyl groups is 1. The van der Waals surface area contributed by atoms with Crippen LogP contribution in [-0.4, -0.2) is 43.8 Å². The van der Waals surface area contributed by atoms with E-state index >= 15 is 0 Å². The zero-order chi connectivity index (χ0) is 16.1. The van der Waals surface area contributed by atoms with Crippen molar-refractivity contribution in [3.05, 3.63) is 65.7 Å². The van der Waals surface area contributed by atoms with E-state index in [0.29, 0.717) is 6.54 Å². The summed E-state index contributed by atoms with van der Waals surface area (Å²) in [5.74, 6) is 0. The Kier molecular flexibility index (Phi) is 7.56. The first-order valence-electron chi connectivity index (χ1n) is 7.66. The van der Waals surface area contributed by atoms with Gasteiger partial charge in [0.1, 0.15) is 0 Å². The summed E-state index contributed by atoms with van der Waals surface area (Å²) in [6, 6.07) is 18.5. The lowest BCUT2D eigenvalue weighted by Crippen LogP contribution is -2.39. The number of halogens is 1. The zero-order valence-electron chi connectivity index (χ0n) is 14.3. The molecule has 0 aromatic heterocycles. The van der Waals surface area contributed by atoms with Gasteiger partial charge in [0.2, 0.25) is 0 Å². The summed E-state index contributed by atoms with van der Waals surface area (Å²) in [6.45, 7) is 2.70. The molecular weight excluding hydrogens is 308 g/mol. The molecule has 2 aromatic rings. The molecule has 0 radical (unpaired) electrons. The van der Waals surface area contributed by atoms with Gasteiger partial charge in [0.15, 0.2) is 0 Å². The number of aryl methyl sites for hydroxylation is 1. The lowest BCUT2D eigenvalue weighted by Gasteiger charge is -2.35. The van der Waals surface area contributed by atoms with Gasteiger partial charge in [-0.2, -0.15) is 0 Å². The molecule has 2 atom stereocenters. The molecule has 0 spiro atoms. The predicted octanol–water partition coefficient (Wildman–Crippen LogP) is 3.52. The van der Waals surface area contributed by atoms with E-state index in [1.54, 1.807) is 0 Å². The van der Waals surface area contributed by atoms with Crippen LogP contribution < -0.4 is 4.90 Å². The standard InChI is InChI=1S/C19H26N2O.ClH/c1-15-10-12-17(13-11-15)21(4)19(18(22)14-20(2)3)16-8-6-5-7-9-16;/h5-13,18-19,22H,14H2,1-4H3;1H. The van der Waals surface area contributed by atoms with Gasteiger partial charge in [-0.15, -0.1) is 12.4 Å². The number of hydrogen-bond acceptors (Lipinski definition) is 3. The lowest BCUT2D eigenvalue weighted by molar-refractivity contribution is 0.109. The van der Waals surface area contributed by atoms with E-state index in [4.69, 9.17) is 0 Å². The van der Waals surface area contributed by atoms with E-state index in [-0.39, 0.29) is 18.4 Å². The van der Waals surface area contributed by atoms with Gasteiger partial charge in [0.25, 0.3) is 0 Å². The number of anilines is 1. The largest absolute Gasteiger partial charge is 0.389 e. The van der Waals surface area contributed by atoms with Gasteiger partial charge in [-0.3, -0.25) is 0 Å². The van der Waals surface area contributed by atoms with Crippen molar-refractivity contribution in [2.24, 2.45) is 0 Å². The van der Waals surface area contributed by atoms with Crippen molar-refractivity contribution in [3.8, 4) is 0 Å². The first kappa shape index (κ1) is 19.5. The molecule has 0 amide bonds. The highest BCUT2D eigenvalue weighted by Crippen LogP contribution is 2.29. The smallest absolute Gasteiger partial charge is 0.0911 e. The van der Waals surface area contributed by atoms with E-state index in [2.05, 4.69) is 48.2 Å². The SMILES string of the molecule is Cc1ccc(N(C)C(c2ccccc2)C(O)CN(C)C)cc1.Cl. The molecule has 2 unspecified atom stereocenters. The van der Waals surface area contributed by atoms with Crippen LogP contribution in [0.2, 0.25) is 0 Å². The van der Waals surface area contributed by atoms with Crippen molar-refractivity contribution >= 4 is 18.1 Å². The summed E-state index contributed by atoms with van der Waals surface area (Å²) >= 11 is 0. The molecular formula is C19H27ClN2O. The minimum absolute atomic E-state index is 0. The van der Waals surface area contributed by atoms with Gasteiger partial charge in [0.05, 0.1) is 12.1 Å². The molecule has 0 saturated carbocycles. The Labute approximate surface area is 146 Å². The molecule has 0 saturated heterocycles. The number of hydrogen-bond donors (Lipinski definition) is 1. The summed E-state index contributed by atoms with van der Waals surface area (Å²) < 4.78 is 0. The maximum Gasteiger partial charge on any atom is 0.0911 e. The Morgan fingerprint density at radius 3 is 2.00 bits per heavy atom. The van der Waals surface area contributed by atoms with Crippen molar-refractivity contribution in [2.45, 2.75) is 19.1 Å². The van der Waals surface area contributed by atoms with Crippen molar-refractivity contribution in [2.75, 3.05) is 32.6 Å². The van der Waals surface area contributed by atoms with Crippen molar-refractivity contribution in [3.63, 3.8) is 0 Å². The first-order valence-corrected chi connectivity index (χ1v) is 7.66. The van der Waals surface area contributed by atoms with Gasteiger partial charge in [0, 0.05) is 19.3 Å². The van der Waals surface area contributed by atoms with E-state index in [1.165, 1.54) is 5.56 Å². The molecule has 0 aliphatic carbocycles. The van der Waals surface area contributed by atoms with Crippen molar-refractivity contribution in [1.82, 2.24) is 4.90 Å². The summed E-state index contributed by atoms with van der Waals surface area (Å²) in [5, 5.41) is 10.7. The third-order valence-corrected chi connectivity index (χ3v) is 3.92. The molecule has 1 N–H and O–H groups in total. The van der Waals surface area contributed by atoms with E-state index in [9.17, 15) is 5.11 Å². The number of aliphatic hydroxyl groups excluding tert-OH is 1. The maximum atomic E-state index is 10.7. The summed E-state index contributed by atoms with van der Waals surface area (Å²) in [6.07, 6.45) is -0.469. The summed E-state index contributed by atoms with van der Waals surface area (Å²) in [5.41, 5.74) is 3.47. The molecule has 2 rings (SSSR count). The van der Waals surface area contributed by atoms with Crippen LogP contribution in [0.3, 0.4) is 0 Å². The fraction of sp³-hybridized carbons (Fsp3) is 0.368. The fourth-order valence-corrected chi connectivity index (χ4v) is 2.77. The Balaban J connectivity index is 0.00000264. The van der Waals surface area contributed by atoms with Gasteiger partial charge in [-0.1, -0.05) is 48.0 Å². The van der Waals surface area contributed by atoms with Crippen LogP contribution in [0, 0.1) is 6.92 Å². The number of rotatable bonds is 6. The summed E-state index contributed by atoms with van der Waals surface area (Å²) in [4.78, 5) is 4.17. The van der Waals surface area contributed by atoms with Crippen LogP contribution in [0.5, 0.6) is 0 Å². The average Bonchev–Trinajstić information content (AvgIpc) is 2.48. The topological polar surface area (TPSA) is 26.7 Å². The van der Waals surface area contributed by atoms with E-state index < -0.39 is 6.10 Å². The maximum absolute atomic E-state index is 10.7. The van der Waals surface area contributed by atoms with Crippen LogP contribution >= 0.6 is 12.4 Å². The van der Waals surface area contributed by atoms with Crippen molar-refractivity contribution < 1.29 is 5.11 Å². The monoisotopic (exact) mass is 334 g/mol. The molecule has 0 aliphatic rings. The normalized spacial score (nSPS) is 13.3. The van der Waals surface area contributed by atoms with Gasteiger partial charge in [-0.05, 0) is 38.7 Å². The Morgan fingerprint density at radius 1 is 0.913 bits per heavy atom. The molecule has 0 aliphatic heterocycles. The van der Waals surface area contributed by atoms with Gasteiger partial charge in [-0.25, -0.2) is 0 Å². The molecule has 23 heavy (non-hydrogen) atoms. The molecule has 0 bridgehead atoms. The second kappa shape index (κ2) is 8.92. The van der Waals surface area contributed by atoms with Crippen LogP contribution in [0.1, 0.15) is 17.2 Å². The van der Waals surface area contributed by atoms with Crippen LogP contribution in [0.25, 0.3) is 0 Å². The highest BCUT2D eigenvalue weighted by molar-refractivity contribution is 5.85. The van der Waals surface area contributed by atoms with Crippen LogP contribution in [0.15, 0.2) is 54.6 Å². The Hall–Kier alpha value is -1.55. The molecule has 0 heterocycles. The zero-order valence-corrected chi connectivity index (χ0v) is 15.1.